The molecule has 5 nitrogen and oxygen atoms in total. The van der Waals surface area contributed by atoms with Crippen molar-refractivity contribution in [3.8, 4) is 0 Å². The smallest absolute Gasteiger partial charge is 0.114 e. The van der Waals surface area contributed by atoms with Gasteiger partial charge in [-0.2, -0.15) is 0 Å². The molecule has 0 aromatic carbocycles. The topological polar surface area (TPSA) is 79.2 Å². The van der Waals surface area contributed by atoms with Gasteiger partial charge in [0, 0.05) is 6.61 Å². The van der Waals surface area contributed by atoms with Crippen molar-refractivity contribution >= 4 is 0 Å². The fourth-order valence-electron chi connectivity index (χ4n) is 2.56. The molecule has 22 heavy (non-hydrogen) atoms. The van der Waals surface area contributed by atoms with Gasteiger partial charge in [0.1, 0.15) is 24.4 Å². The molecule has 1 fully saturated rings. The molecule has 1 aliphatic heterocycles. The molecule has 5 heteroatoms. The molecule has 130 valence electrons. The summed E-state index contributed by atoms with van der Waals surface area (Å²) in [7, 11) is 0. The molecule has 1 rings (SSSR count). The van der Waals surface area contributed by atoms with Gasteiger partial charge in [0.15, 0.2) is 0 Å². The lowest BCUT2D eigenvalue weighted by atomic mass is 10.0. The number of aliphatic hydroxyl groups excluding tert-OH is 3. The third kappa shape index (κ3) is 7.20. The second-order valence-electron chi connectivity index (χ2n) is 5.91. The van der Waals surface area contributed by atoms with E-state index in [0.29, 0.717) is 6.61 Å². The predicted octanol–water partition coefficient (Wildman–Crippen LogP) is 1.79. The van der Waals surface area contributed by atoms with Crippen molar-refractivity contribution in [1.29, 1.82) is 0 Å². The maximum atomic E-state index is 9.90. The first-order valence-corrected chi connectivity index (χ1v) is 8.55. The zero-order valence-electron chi connectivity index (χ0n) is 13.7. The van der Waals surface area contributed by atoms with Crippen LogP contribution in [0.3, 0.4) is 0 Å². The highest BCUT2D eigenvalue weighted by Gasteiger charge is 2.39. The van der Waals surface area contributed by atoms with Crippen LogP contribution in [0.25, 0.3) is 0 Å². The van der Waals surface area contributed by atoms with Crippen molar-refractivity contribution in [3.63, 3.8) is 0 Å². The highest BCUT2D eigenvalue weighted by molar-refractivity contribution is 4.88. The van der Waals surface area contributed by atoms with Crippen LogP contribution < -0.4 is 0 Å². The molecule has 4 atom stereocenters. The molecule has 0 bridgehead atoms. The van der Waals surface area contributed by atoms with Crippen LogP contribution in [0.4, 0.5) is 0 Å². The second kappa shape index (κ2) is 12.0. The SMILES string of the molecule is CCCCCC/C=C/CCCO[C@H]1[C@H](O)[C@@H](O)CO[C@@H]1CO. The maximum absolute atomic E-state index is 9.90. The molecular weight excluding hydrogens is 284 g/mol. The predicted molar refractivity (Wildman–Crippen MR) is 85.7 cm³/mol. The number of unbranched alkanes of at least 4 members (excludes halogenated alkanes) is 5. The van der Waals surface area contributed by atoms with E-state index in [-0.39, 0.29) is 13.2 Å². The average Bonchev–Trinajstić information content (AvgIpc) is 2.53. The van der Waals surface area contributed by atoms with Crippen LogP contribution in [-0.4, -0.2) is 59.6 Å². The normalized spacial score (nSPS) is 29.3. The van der Waals surface area contributed by atoms with Gasteiger partial charge in [-0.3, -0.25) is 0 Å². The highest BCUT2D eigenvalue weighted by atomic mass is 16.6. The Balaban J connectivity index is 2.10. The van der Waals surface area contributed by atoms with Crippen molar-refractivity contribution in [3.05, 3.63) is 12.2 Å². The van der Waals surface area contributed by atoms with E-state index in [9.17, 15) is 15.3 Å². The third-order valence-electron chi connectivity index (χ3n) is 3.97. The number of allylic oxidation sites excluding steroid dienone is 2. The largest absolute Gasteiger partial charge is 0.394 e. The van der Waals surface area contributed by atoms with E-state index in [1.165, 1.54) is 25.7 Å². The molecule has 0 radical (unpaired) electrons. The van der Waals surface area contributed by atoms with Crippen LogP contribution in [-0.2, 0) is 9.47 Å². The van der Waals surface area contributed by atoms with Crippen LogP contribution in [0.1, 0.15) is 51.9 Å². The molecule has 0 aromatic rings. The summed E-state index contributed by atoms with van der Waals surface area (Å²) in [5.41, 5.74) is 0. The van der Waals surface area contributed by atoms with Gasteiger partial charge in [-0.25, -0.2) is 0 Å². The summed E-state index contributed by atoms with van der Waals surface area (Å²) in [6.07, 6.45) is 9.26. The monoisotopic (exact) mass is 316 g/mol. The number of hydrogen-bond acceptors (Lipinski definition) is 5. The first kappa shape index (κ1) is 19.6. The van der Waals surface area contributed by atoms with Crippen LogP contribution >= 0.6 is 0 Å². The van der Waals surface area contributed by atoms with Crippen molar-refractivity contribution in [1.82, 2.24) is 0 Å². The van der Waals surface area contributed by atoms with Gasteiger partial charge in [-0.1, -0.05) is 38.3 Å². The Hall–Kier alpha value is -0.460. The van der Waals surface area contributed by atoms with Crippen LogP contribution in [0.5, 0.6) is 0 Å². The minimum atomic E-state index is -1.000. The van der Waals surface area contributed by atoms with Crippen molar-refractivity contribution < 1.29 is 24.8 Å². The minimum absolute atomic E-state index is 0.0347. The van der Waals surface area contributed by atoms with Crippen molar-refractivity contribution in [2.24, 2.45) is 0 Å². The Kier molecular flexibility index (Phi) is 10.7. The molecular formula is C17H32O5. The Bertz CT molecular complexity index is 293. The molecule has 1 aliphatic rings. The van der Waals surface area contributed by atoms with Gasteiger partial charge in [-0.15, -0.1) is 0 Å². The zero-order chi connectivity index (χ0) is 16.2. The summed E-state index contributed by atoms with van der Waals surface area (Å²) < 4.78 is 10.9. The summed E-state index contributed by atoms with van der Waals surface area (Å²) in [6.45, 7) is 2.51. The van der Waals surface area contributed by atoms with E-state index < -0.39 is 24.4 Å². The molecule has 1 saturated heterocycles. The fraction of sp³-hybridized carbons (Fsp3) is 0.882. The summed E-state index contributed by atoms with van der Waals surface area (Å²) in [4.78, 5) is 0. The highest BCUT2D eigenvalue weighted by Crippen LogP contribution is 2.19. The lowest BCUT2D eigenvalue weighted by Gasteiger charge is -2.37. The Labute approximate surface area is 133 Å². The Morgan fingerprint density at radius 1 is 1.09 bits per heavy atom. The summed E-state index contributed by atoms with van der Waals surface area (Å²) >= 11 is 0. The standard InChI is InChI=1S/C17H32O5/c1-2-3-4-5-6-7-8-9-10-11-21-17-15(12-18)22-13-14(19)16(17)20/h7-8,14-20H,2-6,9-13H2,1H3/b8-7+/t14-,15+,16+,17+/m0/s1. The van der Waals surface area contributed by atoms with E-state index in [1.54, 1.807) is 0 Å². The van der Waals surface area contributed by atoms with Gasteiger partial charge >= 0.3 is 0 Å². The first-order valence-electron chi connectivity index (χ1n) is 8.55. The molecule has 1 heterocycles. The summed E-state index contributed by atoms with van der Waals surface area (Å²) in [5.74, 6) is 0. The van der Waals surface area contributed by atoms with Gasteiger partial charge in [0.2, 0.25) is 0 Å². The summed E-state index contributed by atoms with van der Waals surface area (Å²) in [6, 6.07) is 0. The Morgan fingerprint density at radius 3 is 2.50 bits per heavy atom. The maximum Gasteiger partial charge on any atom is 0.114 e. The van der Waals surface area contributed by atoms with Crippen LogP contribution in [0, 0.1) is 0 Å². The quantitative estimate of drug-likeness (QED) is 0.400. The van der Waals surface area contributed by atoms with Crippen molar-refractivity contribution in [2.45, 2.75) is 76.3 Å². The molecule has 3 N–H and O–H groups in total. The molecule has 0 aliphatic carbocycles. The third-order valence-corrected chi connectivity index (χ3v) is 3.97. The molecule has 0 spiro atoms. The molecule has 0 amide bonds. The Morgan fingerprint density at radius 2 is 1.82 bits per heavy atom. The van der Waals surface area contributed by atoms with Crippen LogP contribution in [0.2, 0.25) is 0 Å². The zero-order valence-corrected chi connectivity index (χ0v) is 13.7. The average molecular weight is 316 g/mol. The fourth-order valence-corrected chi connectivity index (χ4v) is 2.56. The lowest BCUT2D eigenvalue weighted by molar-refractivity contribution is -0.211. The minimum Gasteiger partial charge on any atom is -0.394 e. The number of aliphatic hydroxyl groups is 3. The van der Waals surface area contributed by atoms with Crippen molar-refractivity contribution in [2.75, 3.05) is 19.8 Å². The number of ether oxygens (including phenoxy) is 2. The van der Waals surface area contributed by atoms with E-state index in [4.69, 9.17) is 9.47 Å². The van der Waals surface area contributed by atoms with E-state index in [1.807, 2.05) is 0 Å². The first-order chi connectivity index (χ1) is 10.7. The molecule has 0 saturated carbocycles. The number of hydrogen-bond donors (Lipinski definition) is 3. The van der Waals surface area contributed by atoms with Gasteiger partial charge in [0.05, 0.1) is 13.2 Å². The molecule has 0 aromatic heterocycles. The summed E-state index contributed by atoms with van der Waals surface area (Å²) in [5, 5.41) is 28.7. The van der Waals surface area contributed by atoms with Gasteiger partial charge in [-0.05, 0) is 25.7 Å². The van der Waals surface area contributed by atoms with Crippen LogP contribution in [0.15, 0.2) is 12.2 Å². The van der Waals surface area contributed by atoms with E-state index in [2.05, 4.69) is 19.1 Å². The molecule has 0 unspecified atom stereocenters. The van der Waals surface area contributed by atoms with E-state index >= 15 is 0 Å². The van der Waals surface area contributed by atoms with Gasteiger partial charge in [0.25, 0.3) is 0 Å². The number of rotatable bonds is 11. The van der Waals surface area contributed by atoms with Gasteiger partial charge < -0.3 is 24.8 Å². The lowest BCUT2D eigenvalue weighted by Crippen LogP contribution is -2.55. The van der Waals surface area contributed by atoms with E-state index in [0.717, 1.165) is 19.3 Å². The second-order valence-corrected chi connectivity index (χ2v) is 5.91.